The van der Waals surface area contributed by atoms with Crippen molar-refractivity contribution in [1.82, 2.24) is 0 Å². The lowest BCUT2D eigenvalue weighted by Gasteiger charge is -2.25. The highest BCUT2D eigenvalue weighted by atomic mass is 19.4. The number of hydrogen-bond donors (Lipinski definition) is 0. The molecule has 1 aromatic carbocycles. The van der Waals surface area contributed by atoms with Gasteiger partial charge in [0.25, 0.3) is 0 Å². The van der Waals surface area contributed by atoms with Crippen molar-refractivity contribution in [1.29, 1.82) is 0 Å². The van der Waals surface area contributed by atoms with Crippen LogP contribution < -0.4 is 10.2 Å². The molecule has 0 N–H and O–H groups in total. The molecule has 0 aliphatic heterocycles. The maximum atomic E-state index is 13.1. The van der Waals surface area contributed by atoms with Gasteiger partial charge in [0, 0.05) is 0 Å². The lowest BCUT2D eigenvalue weighted by Crippen LogP contribution is -2.36. The fourth-order valence-corrected chi connectivity index (χ4v) is 3.83. The van der Waals surface area contributed by atoms with E-state index in [1.165, 1.54) is 31.4 Å². The van der Waals surface area contributed by atoms with Crippen LogP contribution >= 0.6 is 0 Å². The molecule has 0 saturated heterocycles. The Kier molecular flexibility index (Phi) is 3.47. The van der Waals surface area contributed by atoms with E-state index in [2.05, 4.69) is 0 Å². The summed E-state index contributed by atoms with van der Waals surface area (Å²) < 4.78 is 44.7. The normalized spacial score (nSPS) is 28.9. The van der Waals surface area contributed by atoms with Crippen LogP contribution in [0.15, 0.2) is 18.2 Å². The summed E-state index contributed by atoms with van der Waals surface area (Å²) in [5.74, 6) is 1.91. The lowest BCUT2D eigenvalue weighted by atomic mass is 9.78. The van der Waals surface area contributed by atoms with Crippen LogP contribution in [0.4, 0.5) is 12.9 Å². The minimum atomic E-state index is -5.02. The van der Waals surface area contributed by atoms with Crippen LogP contribution in [0, 0.1) is 24.7 Å². The topological polar surface area (TPSA) is 9.23 Å². The minimum Gasteiger partial charge on any atom is -0.496 e. The van der Waals surface area contributed by atoms with E-state index in [1.807, 2.05) is 0 Å². The molecule has 1 aromatic rings. The molecule has 0 heterocycles. The Balaban J connectivity index is 1.71. The Bertz CT molecular complexity index is 500. The van der Waals surface area contributed by atoms with E-state index in [0.717, 1.165) is 12.3 Å². The van der Waals surface area contributed by atoms with Gasteiger partial charge in [-0.2, -0.15) is 0 Å². The van der Waals surface area contributed by atoms with Crippen molar-refractivity contribution in [2.45, 2.75) is 32.6 Å². The molecule has 20 heavy (non-hydrogen) atoms. The second kappa shape index (κ2) is 5.01. The van der Waals surface area contributed by atoms with E-state index in [-0.39, 0.29) is 5.75 Å². The van der Waals surface area contributed by atoms with E-state index in [4.69, 9.17) is 4.74 Å². The van der Waals surface area contributed by atoms with E-state index in [9.17, 15) is 12.9 Å². The maximum Gasteiger partial charge on any atom is 0.513 e. The van der Waals surface area contributed by atoms with E-state index >= 15 is 0 Å². The number of ether oxygens (including phenoxy) is 1. The third-order valence-electron chi connectivity index (χ3n) is 4.86. The molecular weight excluding hydrogens is 264 g/mol. The largest absolute Gasteiger partial charge is 0.513 e. The van der Waals surface area contributed by atoms with Gasteiger partial charge in [0.2, 0.25) is 0 Å². The van der Waals surface area contributed by atoms with Gasteiger partial charge < -0.3 is 17.7 Å². The number of halogens is 3. The average molecular weight is 283 g/mol. The van der Waals surface area contributed by atoms with Crippen LogP contribution in [0.5, 0.6) is 5.75 Å². The predicted molar refractivity (Wildman–Crippen MR) is 74.3 cm³/mol. The third kappa shape index (κ3) is 2.67. The molecule has 0 aromatic heterocycles. The lowest BCUT2D eigenvalue weighted by molar-refractivity contribution is 0.196. The quantitative estimate of drug-likeness (QED) is 0.762. The summed E-state index contributed by atoms with van der Waals surface area (Å²) in [6.07, 6.45) is 4.90. The van der Waals surface area contributed by atoms with Crippen molar-refractivity contribution in [3.05, 3.63) is 23.8 Å². The molecule has 110 valence electrons. The first kappa shape index (κ1) is 13.8. The third-order valence-corrected chi connectivity index (χ3v) is 4.86. The van der Waals surface area contributed by atoms with Crippen molar-refractivity contribution in [2.75, 3.05) is 6.61 Å². The standard InChI is InChI=1S/C15H19BF3O/c1-10-2-5-15(14(6-10)16(17,18)19)20-9-13-8-11-3-4-12(13)7-11/h2,5-6,11-13H,3-4,7-9H2,1H3/q-1. The Morgan fingerprint density at radius 3 is 2.60 bits per heavy atom. The summed E-state index contributed by atoms with van der Waals surface area (Å²) in [5.41, 5.74) is 0.0274. The van der Waals surface area contributed by atoms with Gasteiger partial charge in [-0.3, -0.25) is 0 Å². The molecule has 2 fully saturated rings. The molecule has 2 aliphatic carbocycles. The Morgan fingerprint density at radius 1 is 1.20 bits per heavy atom. The molecule has 2 bridgehead atoms. The molecule has 0 spiro atoms. The van der Waals surface area contributed by atoms with Gasteiger partial charge in [-0.1, -0.05) is 29.6 Å². The number of fused-ring (bicyclic) bond motifs is 2. The highest BCUT2D eigenvalue weighted by Gasteiger charge is 2.40. The zero-order valence-electron chi connectivity index (χ0n) is 11.6. The number of aryl methyl sites for hydroxylation is 1. The van der Waals surface area contributed by atoms with Gasteiger partial charge in [0.15, 0.2) is 0 Å². The summed E-state index contributed by atoms with van der Waals surface area (Å²) in [6.45, 7) is -2.91. The van der Waals surface area contributed by atoms with Crippen LogP contribution in [0.25, 0.3) is 0 Å². The van der Waals surface area contributed by atoms with Crippen LogP contribution in [0.3, 0.4) is 0 Å². The SMILES string of the molecule is Cc1ccc(OCC2CC3CCC2C3)c([B-](F)(F)F)c1. The molecule has 1 nitrogen and oxygen atoms in total. The first-order valence-corrected chi connectivity index (χ1v) is 7.37. The molecule has 0 amide bonds. The molecular formula is C15H19BF3O-. The summed E-state index contributed by atoms with van der Waals surface area (Å²) >= 11 is 0. The number of benzene rings is 1. The molecule has 2 saturated carbocycles. The van der Waals surface area contributed by atoms with Crippen molar-refractivity contribution < 1.29 is 17.7 Å². The zero-order valence-corrected chi connectivity index (χ0v) is 11.6. The molecule has 5 heteroatoms. The fourth-order valence-electron chi connectivity index (χ4n) is 3.83. The highest BCUT2D eigenvalue weighted by molar-refractivity contribution is 6.74. The van der Waals surface area contributed by atoms with E-state index in [1.54, 1.807) is 13.0 Å². The van der Waals surface area contributed by atoms with Crippen molar-refractivity contribution in [3.63, 3.8) is 0 Å². The Labute approximate surface area is 117 Å². The number of hydrogen-bond acceptors (Lipinski definition) is 1. The molecule has 0 radical (unpaired) electrons. The molecule has 3 rings (SSSR count). The van der Waals surface area contributed by atoms with Crippen LogP contribution in [0.1, 0.15) is 31.2 Å². The van der Waals surface area contributed by atoms with Gasteiger partial charge in [0.1, 0.15) is 0 Å². The second-order valence-corrected chi connectivity index (χ2v) is 6.36. The molecule has 2 aliphatic rings. The van der Waals surface area contributed by atoms with Crippen LogP contribution in [-0.2, 0) is 0 Å². The maximum absolute atomic E-state index is 13.1. The Hall–Kier alpha value is -1.13. The summed E-state index contributed by atoms with van der Waals surface area (Å²) in [4.78, 5) is 0. The van der Waals surface area contributed by atoms with Gasteiger partial charge in [0.05, 0.1) is 12.4 Å². The first-order chi connectivity index (χ1) is 9.43. The monoisotopic (exact) mass is 283 g/mol. The molecule has 3 unspecified atom stereocenters. The van der Waals surface area contributed by atoms with Crippen molar-refractivity contribution in [3.8, 4) is 5.75 Å². The van der Waals surface area contributed by atoms with Gasteiger partial charge in [-0.25, -0.2) is 0 Å². The predicted octanol–water partition coefficient (Wildman–Crippen LogP) is 3.86. The second-order valence-electron chi connectivity index (χ2n) is 6.36. The minimum absolute atomic E-state index is 0.00544. The van der Waals surface area contributed by atoms with Gasteiger partial charge in [-0.15, -0.1) is 0 Å². The Morgan fingerprint density at radius 2 is 2.00 bits per heavy atom. The fraction of sp³-hybridized carbons (Fsp3) is 0.600. The summed E-state index contributed by atoms with van der Waals surface area (Å²) in [6, 6.07) is 4.34. The van der Waals surface area contributed by atoms with Crippen LogP contribution in [0.2, 0.25) is 0 Å². The molecule has 3 atom stereocenters. The summed E-state index contributed by atoms with van der Waals surface area (Å²) in [7, 11) is 0. The van der Waals surface area contributed by atoms with Crippen molar-refractivity contribution >= 4 is 12.4 Å². The summed E-state index contributed by atoms with van der Waals surface area (Å²) in [5, 5.41) is 0. The average Bonchev–Trinajstić information content (AvgIpc) is 2.98. The van der Waals surface area contributed by atoms with Crippen LogP contribution in [-0.4, -0.2) is 13.6 Å². The van der Waals surface area contributed by atoms with E-state index < -0.39 is 12.4 Å². The van der Waals surface area contributed by atoms with E-state index in [0.29, 0.717) is 24.0 Å². The van der Waals surface area contributed by atoms with Gasteiger partial charge >= 0.3 is 6.98 Å². The van der Waals surface area contributed by atoms with Crippen molar-refractivity contribution in [2.24, 2.45) is 17.8 Å². The first-order valence-electron chi connectivity index (χ1n) is 7.37. The van der Waals surface area contributed by atoms with Gasteiger partial charge in [-0.05, 0) is 50.0 Å². The highest BCUT2D eigenvalue weighted by Crippen LogP contribution is 2.48. The smallest absolute Gasteiger partial charge is 0.496 e. The number of rotatable bonds is 4. The zero-order chi connectivity index (χ0) is 14.3.